The first-order valence-corrected chi connectivity index (χ1v) is 5.06. The Morgan fingerprint density at radius 1 is 1.60 bits per heavy atom. The van der Waals surface area contributed by atoms with Gasteiger partial charge in [0.2, 0.25) is 0 Å². The standard InChI is InChI=1S/C4H3Cl2NOS2/c5-3-2(10(7)8)1-9-4(3)6/h1H,7H2. The summed E-state index contributed by atoms with van der Waals surface area (Å²) in [6.07, 6.45) is 0. The lowest BCUT2D eigenvalue weighted by molar-refractivity contribution is 0.684. The van der Waals surface area contributed by atoms with E-state index in [1.54, 1.807) is 5.38 Å². The van der Waals surface area contributed by atoms with Gasteiger partial charge >= 0.3 is 0 Å². The molecule has 2 N–H and O–H groups in total. The molecular weight excluding hydrogens is 213 g/mol. The average Bonchev–Trinajstić information content (AvgIpc) is 2.14. The van der Waals surface area contributed by atoms with E-state index in [1.165, 1.54) is 11.3 Å². The first kappa shape index (κ1) is 8.49. The Balaban J connectivity index is 3.17. The third-order valence-corrected chi connectivity index (χ3v) is 3.71. The molecule has 0 aromatic carbocycles. The highest BCUT2D eigenvalue weighted by atomic mass is 35.5. The fourth-order valence-electron chi connectivity index (χ4n) is 0.441. The van der Waals surface area contributed by atoms with Crippen molar-refractivity contribution in [3.63, 3.8) is 0 Å². The van der Waals surface area contributed by atoms with Crippen molar-refractivity contribution in [3.05, 3.63) is 14.7 Å². The summed E-state index contributed by atoms with van der Waals surface area (Å²) in [5.74, 6) is 0. The van der Waals surface area contributed by atoms with Crippen LogP contribution in [0.15, 0.2) is 10.3 Å². The van der Waals surface area contributed by atoms with E-state index in [4.69, 9.17) is 28.3 Å². The van der Waals surface area contributed by atoms with Crippen molar-refractivity contribution in [1.82, 2.24) is 0 Å². The maximum atomic E-state index is 10.6. The van der Waals surface area contributed by atoms with E-state index in [0.29, 0.717) is 14.3 Å². The molecule has 0 amide bonds. The number of hydrogen-bond acceptors (Lipinski definition) is 2. The summed E-state index contributed by atoms with van der Waals surface area (Å²) >= 11 is 12.4. The van der Waals surface area contributed by atoms with E-state index in [0.717, 1.165) is 0 Å². The van der Waals surface area contributed by atoms with Crippen LogP contribution in [0, 0.1) is 0 Å². The molecule has 1 aromatic heterocycles. The monoisotopic (exact) mass is 215 g/mol. The SMILES string of the molecule is NS(=O)c1csc(Cl)c1Cl. The molecule has 56 valence electrons. The van der Waals surface area contributed by atoms with Crippen LogP contribution in [0.5, 0.6) is 0 Å². The van der Waals surface area contributed by atoms with Gasteiger partial charge in [0.15, 0.2) is 0 Å². The van der Waals surface area contributed by atoms with Gasteiger partial charge in [-0.05, 0) is 0 Å². The molecule has 1 aromatic rings. The third kappa shape index (κ3) is 1.52. The molecule has 1 atom stereocenters. The smallest absolute Gasteiger partial charge is 0.124 e. The fourth-order valence-corrected chi connectivity index (χ4v) is 2.62. The predicted octanol–water partition coefficient (Wildman–Crippen LogP) is 2.04. The Morgan fingerprint density at radius 3 is 2.40 bits per heavy atom. The van der Waals surface area contributed by atoms with E-state index < -0.39 is 11.0 Å². The van der Waals surface area contributed by atoms with Gasteiger partial charge in [-0.3, -0.25) is 0 Å². The van der Waals surface area contributed by atoms with E-state index in [9.17, 15) is 4.21 Å². The van der Waals surface area contributed by atoms with Crippen LogP contribution in [0.4, 0.5) is 0 Å². The second-order valence-corrected chi connectivity index (χ2v) is 4.38. The maximum absolute atomic E-state index is 10.6. The molecule has 0 aliphatic carbocycles. The van der Waals surface area contributed by atoms with Gasteiger partial charge in [-0.25, -0.2) is 9.35 Å². The summed E-state index contributed by atoms with van der Waals surface area (Å²) < 4.78 is 11.1. The van der Waals surface area contributed by atoms with Gasteiger partial charge in [-0.1, -0.05) is 23.2 Å². The van der Waals surface area contributed by atoms with E-state index >= 15 is 0 Å². The summed E-state index contributed by atoms with van der Waals surface area (Å²) in [6.45, 7) is 0. The van der Waals surface area contributed by atoms with Gasteiger partial charge < -0.3 is 0 Å². The lowest BCUT2D eigenvalue weighted by Gasteiger charge is -1.88. The number of hydrogen-bond donors (Lipinski definition) is 1. The summed E-state index contributed by atoms with van der Waals surface area (Å²) in [7, 11) is -1.53. The lowest BCUT2D eigenvalue weighted by atomic mass is 10.7. The third-order valence-electron chi connectivity index (χ3n) is 0.875. The second kappa shape index (κ2) is 3.19. The zero-order valence-corrected chi connectivity index (χ0v) is 7.78. The molecule has 2 nitrogen and oxygen atoms in total. The number of thiophene rings is 1. The van der Waals surface area contributed by atoms with Crippen LogP contribution in [0.3, 0.4) is 0 Å². The zero-order chi connectivity index (χ0) is 7.72. The topological polar surface area (TPSA) is 43.1 Å². The molecule has 0 spiro atoms. The highest BCUT2D eigenvalue weighted by Crippen LogP contribution is 2.33. The maximum Gasteiger partial charge on any atom is 0.124 e. The van der Waals surface area contributed by atoms with Crippen molar-refractivity contribution in [2.45, 2.75) is 4.90 Å². The van der Waals surface area contributed by atoms with Crippen LogP contribution in [0.1, 0.15) is 0 Å². The van der Waals surface area contributed by atoms with Gasteiger partial charge in [0.05, 0.1) is 9.92 Å². The summed E-state index contributed by atoms with van der Waals surface area (Å²) in [5, 5.41) is 6.95. The molecular formula is C4H3Cl2NOS2. The van der Waals surface area contributed by atoms with Crippen molar-refractivity contribution < 1.29 is 4.21 Å². The molecule has 6 heteroatoms. The molecule has 0 radical (unpaired) electrons. The molecule has 1 rings (SSSR count). The van der Waals surface area contributed by atoms with Crippen molar-refractivity contribution in [2.75, 3.05) is 0 Å². The predicted molar refractivity (Wildman–Crippen MR) is 44.9 cm³/mol. The van der Waals surface area contributed by atoms with Crippen LogP contribution in [0.25, 0.3) is 0 Å². The molecule has 0 fully saturated rings. The van der Waals surface area contributed by atoms with Crippen molar-refractivity contribution >= 4 is 45.5 Å². The first-order valence-electron chi connectivity index (χ1n) is 2.21. The molecule has 0 aliphatic rings. The number of halogens is 2. The molecule has 1 unspecified atom stereocenters. The molecule has 1 heterocycles. The van der Waals surface area contributed by atoms with Gasteiger partial charge in [-0.2, -0.15) is 0 Å². The minimum Gasteiger partial charge on any atom is -0.248 e. The van der Waals surface area contributed by atoms with Gasteiger partial charge in [-0.15, -0.1) is 11.3 Å². The highest BCUT2D eigenvalue weighted by molar-refractivity contribution is 7.83. The fraction of sp³-hybridized carbons (Fsp3) is 0. The van der Waals surface area contributed by atoms with Gasteiger partial charge in [0, 0.05) is 5.38 Å². The number of nitrogens with two attached hydrogens (primary N) is 1. The van der Waals surface area contributed by atoms with Crippen molar-refractivity contribution in [3.8, 4) is 0 Å². The Labute approximate surface area is 74.5 Å². The van der Waals surface area contributed by atoms with Crippen LogP contribution in [0.2, 0.25) is 9.36 Å². The minimum absolute atomic E-state index is 0.299. The zero-order valence-electron chi connectivity index (χ0n) is 4.64. The Bertz CT molecular complexity index is 272. The molecule has 0 bridgehead atoms. The van der Waals surface area contributed by atoms with Crippen molar-refractivity contribution in [1.29, 1.82) is 0 Å². The molecule has 0 aliphatic heterocycles. The normalized spacial score (nSPS) is 13.5. The minimum atomic E-state index is -1.53. The van der Waals surface area contributed by atoms with Gasteiger partial charge in [0.25, 0.3) is 0 Å². The van der Waals surface area contributed by atoms with E-state index in [-0.39, 0.29) is 0 Å². The average molecular weight is 216 g/mol. The molecule has 0 saturated carbocycles. The van der Waals surface area contributed by atoms with Crippen molar-refractivity contribution in [2.24, 2.45) is 5.14 Å². The van der Waals surface area contributed by atoms with Crippen LogP contribution in [-0.2, 0) is 11.0 Å². The Kier molecular flexibility index (Phi) is 2.71. The molecule has 0 saturated heterocycles. The Morgan fingerprint density at radius 2 is 2.20 bits per heavy atom. The van der Waals surface area contributed by atoms with Crippen LogP contribution < -0.4 is 5.14 Å². The quantitative estimate of drug-likeness (QED) is 0.766. The summed E-state index contributed by atoms with van der Waals surface area (Å²) in [6, 6.07) is 0. The Hall–Kier alpha value is 0.390. The second-order valence-electron chi connectivity index (χ2n) is 1.49. The van der Waals surface area contributed by atoms with E-state index in [2.05, 4.69) is 0 Å². The lowest BCUT2D eigenvalue weighted by Crippen LogP contribution is -2.01. The number of rotatable bonds is 1. The first-order chi connectivity index (χ1) is 4.63. The largest absolute Gasteiger partial charge is 0.248 e. The molecule has 10 heavy (non-hydrogen) atoms. The van der Waals surface area contributed by atoms with Crippen LogP contribution in [-0.4, -0.2) is 4.21 Å². The summed E-state index contributed by atoms with van der Waals surface area (Å²) in [5.41, 5.74) is 0. The van der Waals surface area contributed by atoms with Gasteiger partial charge in [0.1, 0.15) is 15.3 Å². The highest BCUT2D eigenvalue weighted by Gasteiger charge is 2.10. The van der Waals surface area contributed by atoms with Crippen LogP contribution >= 0.6 is 34.5 Å². The van der Waals surface area contributed by atoms with E-state index in [1.807, 2.05) is 0 Å². The summed E-state index contributed by atoms with van der Waals surface area (Å²) in [4.78, 5) is 0.400.